The molecular weight excluding hydrogens is 713 g/mol. The van der Waals surface area contributed by atoms with Crippen LogP contribution in [-0.4, -0.2) is 77.4 Å². The molecule has 4 atom stereocenters. The minimum atomic E-state index is -4.72. The minimum absolute atomic E-state index is 0.00315. The molecule has 4 aliphatic carbocycles. The smallest absolute Gasteiger partial charge is 0.387 e. The van der Waals surface area contributed by atoms with Crippen LogP contribution in [0.4, 0.5) is 5.82 Å². The van der Waals surface area contributed by atoms with E-state index in [1.165, 1.54) is 34.4 Å². The van der Waals surface area contributed by atoms with Crippen molar-refractivity contribution in [3.05, 3.63) is 102 Å². The van der Waals surface area contributed by atoms with Gasteiger partial charge in [-0.2, -0.15) is 8.42 Å². The standard InChI is InChI=1S/C15H18O3S.C10H14N5O7P.C10H8/c1-9(2)12-6-5-10(3)15-13(8-12)11(4)7-14(15)19(16,17)18;11-8-5-9(13-2-12-8)15(3-14-5)10-7(17)6(16)4(22-10)1-21-23(18,19)20;1-2-5-9-7-4-8-10(9)6-3-1/h5-9H,1-4H3,(H,16,17,18);2-4,6-7,10,16-17H,1H2,(H2,11,12,13)(H2,18,19,20);1-8H/t;4-,6-,7-,10-;/m.1./s1. The fourth-order valence-corrected chi connectivity index (χ4v) is 7.00. The molecule has 1 aliphatic heterocycles. The van der Waals surface area contributed by atoms with Crippen LogP contribution >= 0.6 is 7.82 Å². The van der Waals surface area contributed by atoms with Crippen molar-refractivity contribution < 1.29 is 46.8 Å². The Bertz CT molecular complexity index is 2230. The Morgan fingerprint density at radius 1 is 0.923 bits per heavy atom. The molecule has 276 valence electrons. The molecule has 0 radical (unpaired) electrons. The number of nitrogens with zero attached hydrogens (tertiary/aromatic N) is 4. The van der Waals surface area contributed by atoms with E-state index in [0.717, 1.165) is 22.3 Å². The van der Waals surface area contributed by atoms with Crippen molar-refractivity contribution in [2.75, 3.05) is 12.3 Å². The summed E-state index contributed by atoms with van der Waals surface area (Å²) < 4.78 is 54.1. The summed E-state index contributed by atoms with van der Waals surface area (Å²) in [5, 5.41) is 20.1. The molecule has 0 aromatic carbocycles. The third kappa shape index (κ3) is 8.81. The normalized spacial score (nSPS) is 19.0. The van der Waals surface area contributed by atoms with Crippen LogP contribution in [0.1, 0.15) is 42.7 Å². The topological polar surface area (TPSA) is 240 Å². The molecule has 15 nitrogen and oxygen atoms in total. The number of hydrogen-bond donors (Lipinski definition) is 6. The van der Waals surface area contributed by atoms with Crippen LogP contribution in [0.15, 0.2) is 90.3 Å². The van der Waals surface area contributed by atoms with E-state index in [0.29, 0.717) is 17.0 Å². The molecule has 5 aliphatic rings. The number of imidazole rings is 1. The Morgan fingerprint density at radius 3 is 2.19 bits per heavy atom. The third-order valence-corrected chi connectivity index (χ3v) is 9.89. The van der Waals surface area contributed by atoms with Crippen LogP contribution in [-0.2, 0) is 23.9 Å². The first-order valence-electron chi connectivity index (χ1n) is 16.1. The van der Waals surface area contributed by atoms with Crippen molar-refractivity contribution in [1.82, 2.24) is 19.5 Å². The number of aliphatic hydroxyl groups excluding tert-OH is 2. The van der Waals surface area contributed by atoms with Crippen molar-refractivity contribution >= 4 is 34.9 Å². The summed E-state index contributed by atoms with van der Waals surface area (Å²) in [5.74, 6) is 0.502. The molecule has 0 bridgehead atoms. The molecular formula is C35H40N5O10PS. The second kappa shape index (κ2) is 15.7. The molecule has 17 heteroatoms. The van der Waals surface area contributed by atoms with Crippen LogP contribution in [0.3, 0.4) is 0 Å². The van der Waals surface area contributed by atoms with Gasteiger partial charge in [0.05, 0.1) is 12.9 Å². The number of rotatable bonds is 6. The number of nitrogen functional groups attached to an aromatic ring is 1. The Hall–Kier alpha value is -4.35. The lowest BCUT2D eigenvalue weighted by atomic mass is 10.0. The fraction of sp³-hybridized carbons (Fsp3) is 0.286. The molecule has 7 rings (SSSR count). The van der Waals surface area contributed by atoms with Crippen LogP contribution < -0.4 is 5.73 Å². The van der Waals surface area contributed by atoms with Crippen LogP contribution in [0.2, 0.25) is 0 Å². The summed E-state index contributed by atoms with van der Waals surface area (Å²) in [6.45, 7) is 7.32. The maximum Gasteiger partial charge on any atom is 0.469 e. The zero-order valence-corrected chi connectivity index (χ0v) is 30.4. The molecule has 0 saturated carbocycles. The van der Waals surface area contributed by atoms with Crippen molar-refractivity contribution in [1.29, 1.82) is 0 Å². The number of fused-ring (bicyclic) bond motifs is 3. The van der Waals surface area contributed by atoms with Crippen molar-refractivity contribution in [2.24, 2.45) is 0 Å². The molecule has 52 heavy (non-hydrogen) atoms. The number of phosphoric acid groups is 1. The van der Waals surface area contributed by atoms with Crippen molar-refractivity contribution in [3.63, 3.8) is 0 Å². The maximum atomic E-state index is 11.5. The molecule has 1 fully saturated rings. The first-order valence-corrected chi connectivity index (χ1v) is 19.0. The quantitative estimate of drug-likeness (QED) is 0.0998. The number of aromatic nitrogens is 4. The van der Waals surface area contributed by atoms with Gasteiger partial charge in [0.15, 0.2) is 17.7 Å². The summed E-state index contributed by atoms with van der Waals surface area (Å²) in [6, 6.07) is 24.2. The average Bonchev–Trinajstić information content (AvgIpc) is 3.78. The molecule has 0 unspecified atom stereocenters. The van der Waals surface area contributed by atoms with Gasteiger partial charge in [0, 0.05) is 5.56 Å². The Kier molecular flexibility index (Phi) is 11.7. The SMILES string of the molecule is Cc1cc(S(=O)(=O)O)c2c(C)ccc(C(C)C)cc1-2.Nc1ncnc2c1ncn2[C@@H]1O[C@H](COP(=O)(O)O)[C@@H](O)[C@H]1O.c1ccc2cccc-2cc1. The summed E-state index contributed by atoms with van der Waals surface area (Å²) in [6.07, 6.45) is -2.49. The highest BCUT2D eigenvalue weighted by molar-refractivity contribution is 7.86. The van der Waals surface area contributed by atoms with Gasteiger partial charge in [-0.15, -0.1) is 0 Å². The first-order chi connectivity index (χ1) is 24.5. The van der Waals surface area contributed by atoms with Gasteiger partial charge in [-0.25, -0.2) is 19.5 Å². The van der Waals surface area contributed by atoms with E-state index in [1.807, 2.05) is 38.1 Å². The maximum absolute atomic E-state index is 11.5. The Morgan fingerprint density at radius 2 is 1.58 bits per heavy atom. The summed E-state index contributed by atoms with van der Waals surface area (Å²) in [7, 11) is -8.91. The third-order valence-electron chi connectivity index (χ3n) is 8.53. The second-order valence-electron chi connectivity index (χ2n) is 12.5. The van der Waals surface area contributed by atoms with Crippen LogP contribution in [0.25, 0.3) is 33.4 Å². The van der Waals surface area contributed by atoms with E-state index >= 15 is 0 Å². The monoisotopic (exact) mass is 753 g/mol. The summed E-state index contributed by atoms with van der Waals surface area (Å²) >= 11 is 0. The number of aliphatic hydroxyl groups is 2. The average molecular weight is 754 g/mol. The summed E-state index contributed by atoms with van der Waals surface area (Å²) in [4.78, 5) is 29.2. The lowest BCUT2D eigenvalue weighted by Crippen LogP contribution is -2.33. The largest absolute Gasteiger partial charge is 0.469 e. The van der Waals surface area contributed by atoms with Gasteiger partial charge >= 0.3 is 7.82 Å². The zero-order chi connectivity index (χ0) is 38.0. The first kappa shape index (κ1) is 38.9. The van der Waals surface area contributed by atoms with Gasteiger partial charge in [-0.3, -0.25) is 13.6 Å². The second-order valence-corrected chi connectivity index (χ2v) is 15.2. The van der Waals surface area contributed by atoms with Crippen molar-refractivity contribution in [3.8, 4) is 22.3 Å². The number of anilines is 1. The number of ether oxygens (including phenoxy) is 1. The zero-order valence-electron chi connectivity index (χ0n) is 28.7. The fourth-order valence-electron chi connectivity index (χ4n) is 5.81. The van der Waals surface area contributed by atoms with E-state index in [9.17, 15) is 27.7 Å². The number of hydrogen-bond acceptors (Lipinski definition) is 11. The molecule has 2 aromatic heterocycles. The van der Waals surface area contributed by atoms with Crippen LogP contribution in [0, 0.1) is 13.8 Å². The predicted molar refractivity (Wildman–Crippen MR) is 193 cm³/mol. The van der Waals surface area contributed by atoms with Gasteiger partial charge in [-0.1, -0.05) is 80.6 Å². The molecule has 7 N–H and O–H groups in total. The Balaban J connectivity index is 0.000000161. The molecule has 2 aromatic rings. The van der Waals surface area contributed by atoms with E-state index < -0.39 is 49.1 Å². The predicted octanol–water partition coefficient (Wildman–Crippen LogP) is 4.71. The van der Waals surface area contributed by atoms with Crippen LogP contribution in [0.5, 0.6) is 0 Å². The van der Waals surface area contributed by atoms with Gasteiger partial charge < -0.3 is 30.5 Å². The van der Waals surface area contributed by atoms with Crippen molar-refractivity contribution in [2.45, 2.75) is 63.0 Å². The minimum Gasteiger partial charge on any atom is -0.387 e. The molecule has 0 spiro atoms. The van der Waals surface area contributed by atoms with Gasteiger partial charge in [0.2, 0.25) is 0 Å². The van der Waals surface area contributed by atoms with Gasteiger partial charge in [-0.05, 0) is 59.2 Å². The van der Waals surface area contributed by atoms with E-state index in [2.05, 4.69) is 75.8 Å². The lowest BCUT2D eigenvalue weighted by Gasteiger charge is -2.16. The van der Waals surface area contributed by atoms with Gasteiger partial charge in [0.1, 0.15) is 35.1 Å². The Labute approximate surface area is 300 Å². The molecule has 3 heterocycles. The highest BCUT2D eigenvalue weighted by Gasteiger charge is 2.45. The molecule has 0 amide bonds. The van der Waals surface area contributed by atoms with E-state index in [-0.39, 0.29) is 16.4 Å². The van der Waals surface area contributed by atoms with Gasteiger partial charge in [0.25, 0.3) is 10.1 Å². The number of phosphoric ester groups is 1. The molecule has 1 saturated heterocycles. The van der Waals surface area contributed by atoms with E-state index in [1.54, 1.807) is 0 Å². The summed E-state index contributed by atoms with van der Waals surface area (Å²) in [5.41, 5.74) is 13.2. The number of nitrogens with two attached hydrogens (primary N) is 1. The lowest BCUT2D eigenvalue weighted by molar-refractivity contribution is -0.0504. The number of aryl methyl sites for hydroxylation is 2. The highest BCUT2D eigenvalue weighted by Crippen LogP contribution is 2.40. The highest BCUT2D eigenvalue weighted by atomic mass is 32.2. The van der Waals surface area contributed by atoms with E-state index in [4.69, 9.17) is 20.3 Å².